The van der Waals surface area contributed by atoms with E-state index in [9.17, 15) is 4.79 Å². The Morgan fingerprint density at radius 2 is 1.89 bits per heavy atom. The fourth-order valence-electron chi connectivity index (χ4n) is 2.01. The van der Waals surface area contributed by atoms with Crippen LogP contribution in [0, 0.1) is 0 Å². The molecule has 3 rings (SSSR count). The molecule has 0 aliphatic heterocycles. The minimum Gasteiger partial charge on any atom is -0.399 e. The van der Waals surface area contributed by atoms with Crippen molar-refractivity contribution in [1.82, 2.24) is 0 Å². The van der Waals surface area contributed by atoms with Gasteiger partial charge in [0.25, 0.3) is 0 Å². The molecule has 18 heavy (non-hydrogen) atoms. The van der Waals surface area contributed by atoms with Gasteiger partial charge in [-0.3, -0.25) is 4.79 Å². The Morgan fingerprint density at radius 1 is 1.06 bits per heavy atom. The standard InChI is InChI=1S/C15H11NOS/c16-12-5-1-4-11(9-12)14(17)13-6-2-3-10-7-8-18-15(10)13/h1-9H,16H2. The molecule has 0 atom stereocenters. The molecule has 0 saturated heterocycles. The molecule has 0 fully saturated rings. The molecular weight excluding hydrogens is 242 g/mol. The Kier molecular flexibility index (Phi) is 2.61. The third-order valence-corrected chi connectivity index (χ3v) is 3.84. The molecular formula is C15H11NOS. The van der Waals surface area contributed by atoms with Gasteiger partial charge in [0.2, 0.25) is 0 Å². The molecule has 0 aliphatic rings. The van der Waals surface area contributed by atoms with Crippen molar-refractivity contribution in [2.75, 3.05) is 5.73 Å². The second kappa shape index (κ2) is 4.27. The minimum absolute atomic E-state index is 0.0235. The molecule has 0 saturated carbocycles. The number of carbonyl (C=O) groups is 1. The van der Waals surface area contributed by atoms with Crippen LogP contribution in [0.1, 0.15) is 15.9 Å². The Hall–Kier alpha value is -2.13. The average molecular weight is 253 g/mol. The van der Waals surface area contributed by atoms with Crippen LogP contribution in [0.4, 0.5) is 5.69 Å². The van der Waals surface area contributed by atoms with Crippen molar-refractivity contribution < 1.29 is 4.79 Å². The first-order valence-corrected chi connectivity index (χ1v) is 6.50. The maximum Gasteiger partial charge on any atom is 0.194 e. The molecule has 0 unspecified atom stereocenters. The molecule has 1 aromatic heterocycles. The van der Waals surface area contributed by atoms with E-state index in [4.69, 9.17) is 5.73 Å². The SMILES string of the molecule is Nc1cccc(C(=O)c2cccc3ccsc23)c1. The fraction of sp³-hybridized carbons (Fsp3) is 0. The summed E-state index contributed by atoms with van der Waals surface area (Å²) in [6.07, 6.45) is 0. The van der Waals surface area contributed by atoms with Gasteiger partial charge in [0, 0.05) is 21.5 Å². The first-order valence-electron chi connectivity index (χ1n) is 5.62. The summed E-state index contributed by atoms with van der Waals surface area (Å²) in [6.45, 7) is 0. The predicted molar refractivity (Wildman–Crippen MR) is 76.1 cm³/mol. The highest BCUT2D eigenvalue weighted by atomic mass is 32.1. The van der Waals surface area contributed by atoms with Gasteiger partial charge < -0.3 is 5.73 Å². The summed E-state index contributed by atoms with van der Waals surface area (Å²) in [5.41, 5.74) is 7.71. The van der Waals surface area contributed by atoms with Crippen molar-refractivity contribution >= 4 is 32.9 Å². The Balaban J connectivity index is 2.15. The average Bonchev–Trinajstić information content (AvgIpc) is 2.86. The Labute approximate surface area is 109 Å². The summed E-state index contributed by atoms with van der Waals surface area (Å²) < 4.78 is 1.03. The summed E-state index contributed by atoms with van der Waals surface area (Å²) in [4.78, 5) is 12.5. The number of anilines is 1. The summed E-state index contributed by atoms with van der Waals surface area (Å²) >= 11 is 1.59. The molecule has 88 valence electrons. The van der Waals surface area contributed by atoms with Crippen LogP contribution in [0.2, 0.25) is 0 Å². The molecule has 3 heteroatoms. The van der Waals surface area contributed by atoms with Crippen LogP contribution >= 0.6 is 11.3 Å². The van der Waals surface area contributed by atoms with Crippen molar-refractivity contribution in [1.29, 1.82) is 0 Å². The third-order valence-electron chi connectivity index (χ3n) is 2.87. The van der Waals surface area contributed by atoms with Gasteiger partial charge in [-0.25, -0.2) is 0 Å². The van der Waals surface area contributed by atoms with E-state index in [1.54, 1.807) is 35.6 Å². The topological polar surface area (TPSA) is 43.1 Å². The predicted octanol–water partition coefficient (Wildman–Crippen LogP) is 3.71. The zero-order valence-corrected chi connectivity index (χ0v) is 10.4. The highest BCUT2D eigenvalue weighted by molar-refractivity contribution is 7.17. The number of fused-ring (bicyclic) bond motifs is 1. The van der Waals surface area contributed by atoms with Crippen LogP contribution in [0.25, 0.3) is 10.1 Å². The Morgan fingerprint density at radius 3 is 2.72 bits per heavy atom. The first kappa shape index (κ1) is 11.0. The van der Waals surface area contributed by atoms with Gasteiger partial charge in [0.1, 0.15) is 0 Å². The van der Waals surface area contributed by atoms with E-state index < -0.39 is 0 Å². The normalized spacial score (nSPS) is 10.7. The van der Waals surface area contributed by atoms with Gasteiger partial charge in [0.05, 0.1) is 0 Å². The van der Waals surface area contributed by atoms with Crippen molar-refractivity contribution in [3.8, 4) is 0 Å². The zero-order chi connectivity index (χ0) is 12.5. The second-order valence-electron chi connectivity index (χ2n) is 4.10. The van der Waals surface area contributed by atoms with Gasteiger partial charge in [0.15, 0.2) is 5.78 Å². The lowest BCUT2D eigenvalue weighted by Gasteiger charge is -2.03. The molecule has 0 amide bonds. The highest BCUT2D eigenvalue weighted by Crippen LogP contribution is 2.26. The van der Waals surface area contributed by atoms with Gasteiger partial charge in [-0.1, -0.05) is 24.3 Å². The van der Waals surface area contributed by atoms with Crippen LogP contribution < -0.4 is 5.73 Å². The molecule has 2 aromatic carbocycles. The maximum atomic E-state index is 12.5. The molecule has 0 bridgehead atoms. The molecule has 3 aromatic rings. The van der Waals surface area contributed by atoms with Gasteiger partial charge in [-0.2, -0.15) is 0 Å². The van der Waals surface area contributed by atoms with E-state index in [0.29, 0.717) is 11.3 Å². The summed E-state index contributed by atoms with van der Waals surface area (Å²) in [7, 11) is 0. The van der Waals surface area contributed by atoms with Gasteiger partial charge >= 0.3 is 0 Å². The van der Waals surface area contributed by atoms with E-state index >= 15 is 0 Å². The maximum absolute atomic E-state index is 12.5. The number of hydrogen-bond donors (Lipinski definition) is 1. The number of hydrogen-bond acceptors (Lipinski definition) is 3. The first-order chi connectivity index (χ1) is 8.75. The van der Waals surface area contributed by atoms with E-state index in [2.05, 4.69) is 0 Å². The summed E-state index contributed by atoms with van der Waals surface area (Å²) in [5, 5.41) is 3.11. The molecule has 2 nitrogen and oxygen atoms in total. The molecule has 2 N–H and O–H groups in total. The molecule has 0 aliphatic carbocycles. The van der Waals surface area contributed by atoms with Gasteiger partial charge in [-0.05, 0) is 35.0 Å². The third kappa shape index (κ3) is 1.79. The second-order valence-corrected chi connectivity index (χ2v) is 5.02. The number of rotatable bonds is 2. The van der Waals surface area contributed by atoms with Gasteiger partial charge in [-0.15, -0.1) is 11.3 Å². The van der Waals surface area contributed by atoms with Crippen LogP contribution in [-0.4, -0.2) is 5.78 Å². The lowest BCUT2D eigenvalue weighted by Crippen LogP contribution is -2.02. The Bertz CT molecular complexity index is 730. The molecule has 1 heterocycles. The monoisotopic (exact) mass is 253 g/mol. The largest absolute Gasteiger partial charge is 0.399 e. The van der Waals surface area contributed by atoms with Crippen LogP contribution in [-0.2, 0) is 0 Å². The van der Waals surface area contributed by atoms with Crippen molar-refractivity contribution in [2.45, 2.75) is 0 Å². The van der Waals surface area contributed by atoms with Crippen molar-refractivity contribution in [3.05, 3.63) is 65.0 Å². The van der Waals surface area contributed by atoms with E-state index in [-0.39, 0.29) is 5.78 Å². The van der Waals surface area contributed by atoms with Crippen molar-refractivity contribution in [3.63, 3.8) is 0 Å². The highest BCUT2D eigenvalue weighted by Gasteiger charge is 2.13. The van der Waals surface area contributed by atoms with Crippen molar-refractivity contribution in [2.24, 2.45) is 0 Å². The van der Waals surface area contributed by atoms with Crippen LogP contribution in [0.5, 0.6) is 0 Å². The zero-order valence-electron chi connectivity index (χ0n) is 9.59. The number of carbonyl (C=O) groups excluding carboxylic acids is 1. The smallest absolute Gasteiger partial charge is 0.194 e. The number of nitrogen functional groups attached to an aromatic ring is 1. The lowest BCUT2D eigenvalue weighted by atomic mass is 10.0. The van der Waals surface area contributed by atoms with E-state index in [0.717, 1.165) is 15.6 Å². The summed E-state index contributed by atoms with van der Waals surface area (Å²) in [5.74, 6) is 0.0235. The van der Waals surface area contributed by atoms with E-state index in [1.807, 2.05) is 29.6 Å². The molecule has 0 spiro atoms. The number of ketones is 1. The van der Waals surface area contributed by atoms with Crippen LogP contribution in [0.15, 0.2) is 53.9 Å². The number of thiophene rings is 1. The fourth-order valence-corrected chi connectivity index (χ4v) is 2.92. The minimum atomic E-state index is 0.0235. The summed E-state index contributed by atoms with van der Waals surface area (Å²) in [6, 6.07) is 14.9. The molecule has 0 radical (unpaired) electrons. The quantitative estimate of drug-likeness (QED) is 0.559. The number of benzene rings is 2. The van der Waals surface area contributed by atoms with E-state index in [1.165, 1.54) is 0 Å². The number of nitrogens with two attached hydrogens (primary N) is 1. The lowest BCUT2D eigenvalue weighted by molar-refractivity contribution is 0.104. The van der Waals surface area contributed by atoms with Crippen LogP contribution in [0.3, 0.4) is 0 Å².